The van der Waals surface area contributed by atoms with Crippen molar-refractivity contribution < 1.29 is 13.2 Å². The van der Waals surface area contributed by atoms with E-state index in [1.54, 1.807) is 0 Å². The molecule has 2 unspecified atom stereocenters. The molecule has 2 heterocycles. The van der Waals surface area contributed by atoms with Crippen LogP contribution in [0.1, 0.15) is 39.5 Å². The van der Waals surface area contributed by atoms with E-state index in [4.69, 9.17) is 4.74 Å². The summed E-state index contributed by atoms with van der Waals surface area (Å²) >= 11 is 0. The first-order chi connectivity index (χ1) is 10.4. The maximum absolute atomic E-state index is 11.5. The lowest BCUT2D eigenvalue weighted by molar-refractivity contribution is 0.0194. The van der Waals surface area contributed by atoms with Crippen molar-refractivity contribution >= 4 is 39.8 Å². The van der Waals surface area contributed by atoms with Crippen LogP contribution in [0.3, 0.4) is 0 Å². The van der Waals surface area contributed by atoms with Gasteiger partial charge >= 0.3 is 0 Å². The molecule has 0 aromatic heterocycles. The van der Waals surface area contributed by atoms with E-state index in [9.17, 15) is 8.42 Å². The topological polar surface area (TPSA) is 79.8 Å². The highest BCUT2D eigenvalue weighted by Crippen LogP contribution is 2.18. The summed E-state index contributed by atoms with van der Waals surface area (Å²) in [6.07, 6.45) is 4.43. The van der Waals surface area contributed by atoms with Gasteiger partial charge in [0, 0.05) is 25.7 Å². The van der Waals surface area contributed by atoms with Crippen molar-refractivity contribution in [2.75, 3.05) is 31.2 Å². The molecule has 0 aromatic rings. The number of halogens is 1. The van der Waals surface area contributed by atoms with E-state index in [2.05, 4.69) is 29.5 Å². The summed E-state index contributed by atoms with van der Waals surface area (Å²) in [5.41, 5.74) is 0. The summed E-state index contributed by atoms with van der Waals surface area (Å²) < 4.78 is 28.7. The van der Waals surface area contributed by atoms with E-state index in [1.807, 2.05) is 0 Å². The molecule has 6 nitrogen and oxygen atoms in total. The molecule has 23 heavy (non-hydrogen) atoms. The van der Waals surface area contributed by atoms with Gasteiger partial charge in [0.1, 0.15) is 0 Å². The van der Waals surface area contributed by atoms with Gasteiger partial charge < -0.3 is 15.4 Å². The van der Waals surface area contributed by atoms with E-state index in [-0.39, 0.29) is 47.8 Å². The summed E-state index contributed by atoms with van der Waals surface area (Å²) in [6.45, 7) is 6.29. The summed E-state index contributed by atoms with van der Waals surface area (Å²) in [6, 6.07) is 0.283. The van der Waals surface area contributed by atoms with Crippen molar-refractivity contribution in [2.45, 2.75) is 51.7 Å². The maximum Gasteiger partial charge on any atom is 0.191 e. The van der Waals surface area contributed by atoms with Crippen molar-refractivity contribution in [3.05, 3.63) is 0 Å². The number of aliphatic imine (C=N–C) groups is 1. The Morgan fingerprint density at radius 3 is 2.65 bits per heavy atom. The molecule has 2 aliphatic rings. The average Bonchev–Trinajstić information content (AvgIpc) is 2.82. The third-order valence-electron chi connectivity index (χ3n) is 4.03. The molecule has 0 radical (unpaired) electrons. The van der Waals surface area contributed by atoms with Crippen LogP contribution < -0.4 is 10.6 Å². The SMILES string of the molecule is CC(C)NC(=NCC1CCS(=O)(=O)C1)NCC1CCCCO1.I. The predicted octanol–water partition coefficient (Wildman–Crippen LogP) is 1.55. The smallest absolute Gasteiger partial charge is 0.191 e. The predicted molar refractivity (Wildman–Crippen MR) is 104 cm³/mol. The fourth-order valence-corrected chi connectivity index (χ4v) is 4.69. The molecule has 0 spiro atoms. The number of hydrogen-bond donors (Lipinski definition) is 2. The van der Waals surface area contributed by atoms with Crippen LogP contribution in [0.4, 0.5) is 0 Å². The van der Waals surface area contributed by atoms with Gasteiger partial charge in [-0.3, -0.25) is 4.99 Å². The summed E-state index contributed by atoms with van der Waals surface area (Å²) in [5.74, 6) is 1.50. The minimum atomic E-state index is -2.83. The quantitative estimate of drug-likeness (QED) is 0.371. The number of ether oxygens (including phenoxy) is 1. The molecular weight excluding hydrogens is 429 g/mol. The fourth-order valence-electron chi connectivity index (χ4n) is 2.84. The molecule has 2 atom stereocenters. The molecular formula is C15H30IN3O3S. The van der Waals surface area contributed by atoms with Crippen molar-refractivity contribution in [1.29, 1.82) is 0 Å². The normalized spacial score (nSPS) is 27.5. The maximum atomic E-state index is 11.5. The zero-order chi connectivity index (χ0) is 16.0. The summed E-state index contributed by atoms with van der Waals surface area (Å²) in [7, 11) is -2.83. The largest absolute Gasteiger partial charge is 0.376 e. The van der Waals surface area contributed by atoms with E-state index in [1.165, 1.54) is 6.42 Å². The highest BCUT2D eigenvalue weighted by molar-refractivity contribution is 14.0. The van der Waals surface area contributed by atoms with E-state index < -0.39 is 9.84 Å². The second-order valence-electron chi connectivity index (χ2n) is 6.63. The number of guanidine groups is 1. The Bertz CT molecular complexity index is 476. The molecule has 136 valence electrons. The van der Waals surface area contributed by atoms with E-state index >= 15 is 0 Å². The van der Waals surface area contributed by atoms with Gasteiger partial charge in [-0.1, -0.05) is 0 Å². The number of nitrogens with zero attached hydrogens (tertiary/aromatic N) is 1. The first-order valence-corrected chi connectivity index (χ1v) is 10.1. The lowest BCUT2D eigenvalue weighted by Gasteiger charge is -2.24. The highest BCUT2D eigenvalue weighted by Gasteiger charge is 2.27. The Morgan fingerprint density at radius 2 is 2.09 bits per heavy atom. The Balaban J connectivity index is 0.00000264. The monoisotopic (exact) mass is 459 g/mol. The number of sulfone groups is 1. The molecule has 0 aromatic carbocycles. The zero-order valence-electron chi connectivity index (χ0n) is 14.1. The third-order valence-corrected chi connectivity index (χ3v) is 5.87. The van der Waals surface area contributed by atoms with Crippen molar-refractivity contribution in [3.63, 3.8) is 0 Å². The van der Waals surface area contributed by atoms with Gasteiger partial charge in [0.15, 0.2) is 15.8 Å². The second kappa shape index (κ2) is 10.0. The minimum Gasteiger partial charge on any atom is -0.376 e. The molecule has 0 aliphatic carbocycles. The Labute approximate surface area is 157 Å². The lowest BCUT2D eigenvalue weighted by atomic mass is 10.1. The zero-order valence-corrected chi connectivity index (χ0v) is 17.2. The molecule has 0 bridgehead atoms. The lowest BCUT2D eigenvalue weighted by Crippen LogP contribution is -2.45. The van der Waals surface area contributed by atoms with Gasteiger partial charge in [-0.2, -0.15) is 0 Å². The molecule has 0 saturated carbocycles. The molecule has 2 fully saturated rings. The molecule has 2 aliphatic heterocycles. The van der Waals surface area contributed by atoms with Crippen molar-refractivity contribution in [2.24, 2.45) is 10.9 Å². The van der Waals surface area contributed by atoms with Gasteiger partial charge in [0.2, 0.25) is 0 Å². The second-order valence-corrected chi connectivity index (χ2v) is 8.86. The summed E-state index contributed by atoms with van der Waals surface area (Å²) in [5, 5.41) is 6.63. The number of nitrogens with one attached hydrogen (secondary N) is 2. The fraction of sp³-hybridized carbons (Fsp3) is 0.933. The first-order valence-electron chi connectivity index (χ1n) is 8.31. The van der Waals surface area contributed by atoms with Crippen LogP contribution >= 0.6 is 24.0 Å². The van der Waals surface area contributed by atoms with E-state index in [0.717, 1.165) is 38.4 Å². The average molecular weight is 459 g/mol. The Morgan fingerprint density at radius 1 is 1.30 bits per heavy atom. The standard InChI is InChI=1S/C15H29N3O3S.HI/c1-12(2)18-15(17-10-14-5-3-4-7-21-14)16-9-13-6-8-22(19,20)11-13;/h12-14H,3-11H2,1-2H3,(H2,16,17,18);1H. The van der Waals surface area contributed by atoms with Gasteiger partial charge in [0.25, 0.3) is 0 Å². The van der Waals surface area contributed by atoms with Crippen LogP contribution in [-0.2, 0) is 14.6 Å². The number of hydrogen-bond acceptors (Lipinski definition) is 4. The van der Waals surface area contributed by atoms with Crippen LogP contribution in [0.15, 0.2) is 4.99 Å². The van der Waals surface area contributed by atoms with E-state index in [0.29, 0.717) is 12.3 Å². The van der Waals surface area contributed by atoms with Crippen LogP contribution in [0.5, 0.6) is 0 Å². The van der Waals surface area contributed by atoms with Gasteiger partial charge in [-0.25, -0.2) is 8.42 Å². The van der Waals surface area contributed by atoms with Crippen LogP contribution in [0, 0.1) is 5.92 Å². The Kier molecular flexibility index (Phi) is 9.13. The first kappa shape index (κ1) is 21.0. The van der Waals surface area contributed by atoms with Crippen LogP contribution in [0.2, 0.25) is 0 Å². The summed E-state index contributed by atoms with van der Waals surface area (Å²) in [4.78, 5) is 4.57. The van der Waals surface area contributed by atoms with Crippen molar-refractivity contribution in [3.8, 4) is 0 Å². The van der Waals surface area contributed by atoms with Gasteiger partial charge in [-0.15, -0.1) is 24.0 Å². The van der Waals surface area contributed by atoms with Crippen molar-refractivity contribution in [1.82, 2.24) is 10.6 Å². The van der Waals surface area contributed by atoms with Crippen LogP contribution in [-0.4, -0.2) is 57.7 Å². The number of rotatable bonds is 5. The molecule has 8 heteroatoms. The van der Waals surface area contributed by atoms with Gasteiger partial charge in [-0.05, 0) is 45.4 Å². The molecule has 2 N–H and O–H groups in total. The molecule has 2 rings (SSSR count). The minimum absolute atomic E-state index is 0. The third kappa shape index (κ3) is 8.02. The molecule has 0 amide bonds. The Hall–Kier alpha value is -0.0900. The highest BCUT2D eigenvalue weighted by atomic mass is 127. The van der Waals surface area contributed by atoms with Crippen LogP contribution in [0.25, 0.3) is 0 Å². The molecule has 2 saturated heterocycles. The van der Waals surface area contributed by atoms with Gasteiger partial charge in [0.05, 0.1) is 17.6 Å².